The Morgan fingerprint density at radius 3 is 2.60 bits per heavy atom. The Hall–Kier alpha value is -2.60. The first-order chi connectivity index (χ1) is 12.2. The number of fused-ring (bicyclic) bond motifs is 1. The molecule has 0 saturated heterocycles. The summed E-state index contributed by atoms with van der Waals surface area (Å²) in [5.41, 5.74) is 2.23. The molecular weight excluding hydrogens is 338 g/mol. The third-order valence-corrected chi connectivity index (χ3v) is 4.41. The van der Waals surface area contributed by atoms with Gasteiger partial charge < -0.3 is 19.2 Å². The van der Waals surface area contributed by atoms with E-state index in [9.17, 15) is 4.79 Å². The highest BCUT2D eigenvalue weighted by molar-refractivity contribution is 7.97. The SMILES string of the molecule is COc1ccc(NC(=O)c2oc3ccccc3c2CSC)cc1OC. The van der Waals surface area contributed by atoms with Crippen LogP contribution in [0.25, 0.3) is 11.0 Å². The van der Waals surface area contributed by atoms with E-state index in [2.05, 4.69) is 5.32 Å². The summed E-state index contributed by atoms with van der Waals surface area (Å²) in [5, 5.41) is 3.83. The van der Waals surface area contributed by atoms with Gasteiger partial charge in [0.25, 0.3) is 5.91 Å². The number of hydrogen-bond donors (Lipinski definition) is 1. The zero-order chi connectivity index (χ0) is 17.8. The van der Waals surface area contributed by atoms with Gasteiger partial charge in [-0.25, -0.2) is 0 Å². The molecule has 25 heavy (non-hydrogen) atoms. The number of nitrogens with one attached hydrogen (secondary N) is 1. The smallest absolute Gasteiger partial charge is 0.291 e. The molecule has 130 valence electrons. The van der Waals surface area contributed by atoms with E-state index >= 15 is 0 Å². The Morgan fingerprint density at radius 2 is 1.88 bits per heavy atom. The summed E-state index contributed by atoms with van der Waals surface area (Å²) in [4.78, 5) is 12.7. The van der Waals surface area contributed by atoms with Gasteiger partial charge in [0.1, 0.15) is 5.58 Å². The number of furan rings is 1. The molecule has 6 heteroatoms. The Bertz CT molecular complexity index is 904. The van der Waals surface area contributed by atoms with E-state index in [4.69, 9.17) is 13.9 Å². The lowest BCUT2D eigenvalue weighted by Gasteiger charge is -2.10. The molecule has 0 unspecified atom stereocenters. The van der Waals surface area contributed by atoms with Crippen molar-refractivity contribution in [3.63, 3.8) is 0 Å². The van der Waals surface area contributed by atoms with Gasteiger partial charge in [0, 0.05) is 28.5 Å². The largest absolute Gasteiger partial charge is 0.493 e. The van der Waals surface area contributed by atoms with Crippen molar-refractivity contribution >= 4 is 34.3 Å². The highest BCUT2D eigenvalue weighted by atomic mass is 32.2. The topological polar surface area (TPSA) is 60.7 Å². The average molecular weight is 357 g/mol. The van der Waals surface area contributed by atoms with Crippen molar-refractivity contribution < 1.29 is 18.7 Å². The van der Waals surface area contributed by atoms with E-state index in [1.54, 1.807) is 44.2 Å². The molecule has 0 saturated carbocycles. The third kappa shape index (κ3) is 3.44. The van der Waals surface area contributed by atoms with E-state index in [1.165, 1.54) is 0 Å². The van der Waals surface area contributed by atoms with Crippen molar-refractivity contribution in [3.05, 3.63) is 53.8 Å². The Kier molecular flexibility index (Phi) is 5.19. The summed E-state index contributed by atoms with van der Waals surface area (Å²) in [6.07, 6.45) is 2.00. The molecule has 1 N–H and O–H groups in total. The average Bonchev–Trinajstić information content (AvgIpc) is 3.01. The van der Waals surface area contributed by atoms with Gasteiger partial charge in [-0.15, -0.1) is 0 Å². The number of hydrogen-bond acceptors (Lipinski definition) is 5. The van der Waals surface area contributed by atoms with Crippen LogP contribution in [0.15, 0.2) is 46.9 Å². The van der Waals surface area contributed by atoms with E-state index in [0.29, 0.717) is 34.3 Å². The fourth-order valence-corrected chi connectivity index (χ4v) is 3.25. The minimum atomic E-state index is -0.285. The number of para-hydroxylation sites is 1. The van der Waals surface area contributed by atoms with E-state index < -0.39 is 0 Å². The number of methoxy groups -OCH3 is 2. The normalized spacial score (nSPS) is 10.7. The zero-order valence-electron chi connectivity index (χ0n) is 14.3. The lowest BCUT2D eigenvalue weighted by molar-refractivity contribution is 0.0998. The van der Waals surface area contributed by atoms with Crippen LogP contribution in [0.1, 0.15) is 16.1 Å². The molecule has 0 radical (unpaired) electrons. The van der Waals surface area contributed by atoms with Crippen LogP contribution in [0.5, 0.6) is 11.5 Å². The van der Waals surface area contributed by atoms with Gasteiger partial charge in [0.05, 0.1) is 14.2 Å². The molecule has 3 rings (SSSR count). The van der Waals surface area contributed by atoms with Gasteiger partial charge in [-0.05, 0) is 24.5 Å². The third-order valence-electron chi connectivity index (χ3n) is 3.83. The first-order valence-corrected chi connectivity index (χ1v) is 9.10. The van der Waals surface area contributed by atoms with Crippen LogP contribution in [0.3, 0.4) is 0 Å². The van der Waals surface area contributed by atoms with Gasteiger partial charge in [-0.1, -0.05) is 18.2 Å². The van der Waals surface area contributed by atoms with Crippen molar-refractivity contribution in [3.8, 4) is 11.5 Å². The lowest BCUT2D eigenvalue weighted by atomic mass is 10.1. The summed E-state index contributed by atoms with van der Waals surface area (Å²) in [7, 11) is 3.12. The minimum absolute atomic E-state index is 0.285. The van der Waals surface area contributed by atoms with Crippen molar-refractivity contribution in [1.29, 1.82) is 0 Å². The molecule has 1 amide bonds. The number of carbonyl (C=O) groups is 1. The molecule has 0 fully saturated rings. The zero-order valence-corrected chi connectivity index (χ0v) is 15.1. The summed E-state index contributed by atoms with van der Waals surface area (Å²) in [6.45, 7) is 0. The molecule has 0 aliphatic rings. The summed E-state index contributed by atoms with van der Waals surface area (Å²) >= 11 is 1.65. The van der Waals surface area contributed by atoms with Gasteiger partial charge in [0.15, 0.2) is 17.3 Å². The number of carbonyl (C=O) groups excluding carboxylic acids is 1. The Labute approximate surface area is 150 Å². The van der Waals surface area contributed by atoms with Crippen LogP contribution in [0.4, 0.5) is 5.69 Å². The van der Waals surface area contributed by atoms with Gasteiger partial charge in [-0.3, -0.25) is 4.79 Å². The second kappa shape index (κ2) is 7.53. The van der Waals surface area contributed by atoms with Crippen LogP contribution in [0.2, 0.25) is 0 Å². The first kappa shape index (κ1) is 17.2. The fraction of sp³-hybridized carbons (Fsp3) is 0.211. The number of anilines is 1. The second-order valence-corrected chi connectivity index (χ2v) is 6.23. The van der Waals surface area contributed by atoms with Crippen LogP contribution >= 0.6 is 11.8 Å². The molecule has 1 heterocycles. The molecule has 0 spiro atoms. The number of amides is 1. The minimum Gasteiger partial charge on any atom is -0.493 e. The second-order valence-electron chi connectivity index (χ2n) is 5.36. The molecule has 2 aromatic carbocycles. The molecular formula is C19H19NO4S. The van der Waals surface area contributed by atoms with E-state index in [0.717, 1.165) is 10.9 Å². The monoisotopic (exact) mass is 357 g/mol. The first-order valence-electron chi connectivity index (χ1n) is 7.70. The predicted molar refractivity (Wildman–Crippen MR) is 101 cm³/mol. The highest BCUT2D eigenvalue weighted by Gasteiger charge is 2.20. The fourth-order valence-electron chi connectivity index (χ4n) is 2.67. The maximum absolute atomic E-state index is 12.7. The van der Waals surface area contributed by atoms with Crippen molar-refractivity contribution in [1.82, 2.24) is 0 Å². The van der Waals surface area contributed by atoms with Crippen molar-refractivity contribution in [2.45, 2.75) is 5.75 Å². The number of rotatable bonds is 6. The van der Waals surface area contributed by atoms with Crippen molar-refractivity contribution in [2.75, 3.05) is 25.8 Å². The number of thioether (sulfide) groups is 1. The predicted octanol–water partition coefficient (Wildman–Crippen LogP) is 4.57. The molecule has 0 bridgehead atoms. The summed E-state index contributed by atoms with van der Waals surface area (Å²) in [6, 6.07) is 12.9. The number of benzene rings is 2. The highest BCUT2D eigenvalue weighted by Crippen LogP contribution is 2.32. The van der Waals surface area contributed by atoms with Crippen LogP contribution in [-0.2, 0) is 5.75 Å². The van der Waals surface area contributed by atoms with Crippen LogP contribution in [0, 0.1) is 0 Å². The van der Waals surface area contributed by atoms with Crippen LogP contribution in [-0.4, -0.2) is 26.4 Å². The number of ether oxygens (including phenoxy) is 2. The molecule has 5 nitrogen and oxygen atoms in total. The Balaban J connectivity index is 1.93. The molecule has 0 aliphatic heterocycles. The van der Waals surface area contributed by atoms with Crippen LogP contribution < -0.4 is 14.8 Å². The quantitative estimate of drug-likeness (QED) is 0.700. The molecule has 0 atom stereocenters. The van der Waals surface area contributed by atoms with Gasteiger partial charge >= 0.3 is 0 Å². The maximum Gasteiger partial charge on any atom is 0.291 e. The van der Waals surface area contributed by atoms with Gasteiger partial charge in [-0.2, -0.15) is 11.8 Å². The molecule has 1 aromatic heterocycles. The van der Waals surface area contributed by atoms with Gasteiger partial charge in [0.2, 0.25) is 0 Å². The molecule has 3 aromatic rings. The standard InChI is InChI=1S/C19H19NO4S/c1-22-16-9-8-12(10-17(16)23-2)20-19(21)18-14(11-25-3)13-6-4-5-7-15(13)24-18/h4-10H,11H2,1-3H3,(H,20,21). The lowest BCUT2D eigenvalue weighted by Crippen LogP contribution is -2.13. The summed E-state index contributed by atoms with van der Waals surface area (Å²) < 4.78 is 16.3. The van der Waals surface area contributed by atoms with Crippen molar-refractivity contribution in [2.24, 2.45) is 0 Å². The van der Waals surface area contributed by atoms with E-state index in [-0.39, 0.29) is 5.91 Å². The summed E-state index contributed by atoms with van der Waals surface area (Å²) in [5.74, 6) is 1.91. The Morgan fingerprint density at radius 1 is 1.12 bits per heavy atom. The molecule has 0 aliphatic carbocycles. The maximum atomic E-state index is 12.7. The van der Waals surface area contributed by atoms with E-state index in [1.807, 2.05) is 30.5 Å².